The van der Waals surface area contributed by atoms with Crippen LogP contribution in [0.3, 0.4) is 0 Å². The quantitative estimate of drug-likeness (QED) is 0.528. The Balaban J connectivity index is 1.86. The van der Waals surface area contributed by atoms with Crippen LogP contribution < -0.4 is 21.3 Å². The number of ether oxygens (including phenoxy) is 1. The van der Waals surface area contributed by atoms with Gasteiger partial charge in [-0.15, -0.1) is 0 Å². The minimum atomic E-state index is -0.570. The second kappa shape index (κ2) is 9.69. The molecule has 0 aliphatic carbocycles. The highest BCUT2D eigenvalue weighted by molar-refractivity contribution is 6.11. The van der Waals surface area contributed by atoms with Crippen molar-refractivity contribution in [3.8, 4) is 5.75 Å². The predicted octanol–water partition coefficient (Wildman–Crippen LogP) is 2.70. The molecule has 0 aliphatic rings. The number of hydrogen-bond donors (Lipinski definition) is 2. The van der Waals surface area contributed by atoms with Gasteiger partial charge in [0.05, 0.1) is 5.39 Å². The summed E-state index contributed by atoms with van der Waals surface area (Å²) in [5, 5.41) is 8.11. The zero-order chi connectivity index (χ0) is 21.5. The highest BCUT2D eigenvalue weighted by Crippen LogP contribution is 2.18. The van der Waals surface area contributed by atoms with Gasteiger partial charge in [0.1, 0.15) is 5.75 Å². The number of aromatic nitrogens is 2. The van der Waals surface area contributed by atoms with Crippen LogP contribution in [0.4, 0.5) is 5.69 Å². The number of amides is 2. The van der Waals surface area contributed by atoms with E-state index in [1.54, 1.807) is 48.5 Å². The van der Waals surface area contributed by atoms with Crippen LogP contribution in [0, 0.1) is 0 Å². The van der Waals surface area contributed by atoms with Gasteiger partial charge in [0.2, 0.25) is 0 Å². The molecule has 3 N–H and O–H groups in total. The molecular formula is C22H24N4O4. The van der Waals surface area contributed by atoms with E-state index in [0.29, 0.717) is 28.8 Å². The Labute approximate surface area is 173 Å². The van der Waals surface area contributed by atoms with Crippen molar-refractivity contribution in [3.63, 3.8) is 0 Å². The molecule has 0 saturated carbocycles. The summed E-state index contributed by atoms with van der Waals surface area (Å²) in [6.07, 6.45) is 2.82. The Kier molecular flexibility index (Phi) is 6.79. The standard InChI is InChI=1S/C22H24N4O4/c1-2-3-6-13-26-22(29)18-8-5-4-7-17(18)20(25-26)21(28)24-15-9-11-16(12-10-15)30-14-19(23)27/h4-5,7-12H,2-3,6,13-14H2,1H3,(H2,23,27)(H,24,28). The average Bonchev–Trinajstić information content (AvgIpc) is 2.75. The molecule has 0 unspecified atom stereocenters. The van der Waals surface area contributed by atoms with Crippen molar-refractivity contribution in [3.05, 3.63) is 64.6 Å². The van der Waals surface area contributed by atoms with E-state index in [1.165, 1.54) is 4.68 Å². The number of anilines is 1. The van der Waals surface area contributed by atoms with Crippen molar-refractivity contribution >= 4 is 28.3 Å². The number of primary amides is 1. The molecule has 1 aromatic heterocycles. The largest absolute Gasteiger partial charge is 0.484 e. The number of rotatable bonds is 9. The molecule has 0 aliphatic heterocycles. The molecule has 3 aromatic rings. The Bertz CT molecular complexity index is 1110. The summed E-state index contributed by atoms with van der Waals surface area (Å²) in [5.41, 5.74) is 5.57. The highest BCUT2D eigenvalue weighted by atomic mass is 16.5. The third-order valence-corrected chi connectivity index (χ3v) is 4.55. The minimum Gasteiger partial charge on any atom is -0.484 e. The SMILES string of the molecule is CCCCCn1nc(C(=O)Nc2ccc(OCC(N)=O)cc2)c2ccccc2c1=O. The number of hydrogen-bond acceptors (Lipinski definition) is 5. The summed E-state index contributed by atoms with van der Waals surface area (Å²) < 4.78 is 6.58. The van der Waals surface area contributed by atoms with Crippen molar-refractivity contribution in [1.82, 2.24) is 9.78 Å². The first-order valence-corrected chi connectivity index (χ1v) is 9.82. The van der Waals surface area contributed by atoms with Crippen LogP contribution in [-0.2, 0) is 11.3 Å². The van der Waals surface area contributed by atoms with Crippen molar-refractivity contribution in [2.45, 2.75) is 32.7 Å². The normalized spacial score (nSPS) is 10.7. The number of nitrogens with two attached hydrogens (primary N) is 1. The molecule has 0 spiro atoms. The topological polar surface area (TPSA) is 116 Å². The van der Waals surface area contributed by atoms with E-state index in [0.717, 1.165) is 19.3 Å². The molecule has 8 nitrogen and oxygen atoms in total. The number of unbranched alkanes of at least 4 members (excludes halogenated alkanes) is 2. The number of carbonyl (C=O) groups excluding carboxylic acids is 2. The van der Waals surface area contributed by atoms with E-state index >= 15 is 0 Å². The van der Waals surface area contributed by atoms with Gasteiger partial charge in [0, 0.05) is 17.6 Å². The van der Waals surface area contributed by atoms with Crippen molar-refractivity contribution < 1.29 is 14.3 Å². The van der Waals surface area contributed by atoms with Crippen LogP contribution in [0.5, 0.6) is 5.75 Å². The first kappa shape index (κ1) is 21.0. The molecule has 156 valence electrons. The van der Waals surface area contributed by atoms with Crippen LogP contribution in [0.25, 0.3) is 10.8 Å². The molecule has 8 heteroatoms. The second-order valence-corrected chi connectivity index (χ2v) is 6.86. The minimum absolute atomic E-state index is 0.191. The van der Waals surface area contributed by atoms with Crippen LogP contribution >= 0.6 is 0 Å². The van der Waals surface area contributed by atoms with Crippen molar-refractivity contribution in [2.24, 2.45) is 5.73 Å². The molecule has 2 aromatic carbocycles. The lowest BCUT2D eigenvalue weighted by Crippen LogP contribution is -2.27. The van der Waals surface area contributed by atoms with Crippen LogP contribution in [0.1, 0.15) is 36.7 Å². The summed E-state index contributed by atoms with van der Waals surface area (Å²) >= 11 is 0. The van der Waals surface area contributed by atoms with Crippen LogP contribution in [0.2, 0.25) is 0 Å². The maximum atomic E-state index is 12.9. The molecule has 1 heterocycles. The number of fused-ring (bicyclic) bond motifs is 1. The van der Waals surface area contributed by atoms with Gasteiger partial charge in [-0.1, -0.05) is 38.0 Å². The summed E-state index contributed by atoms with van der Waals surface area (Å²) in [4.78, 5) is 36.5. The van der Waals surface area contributed by atoms with Crippen molar-refractivity contribution in [2.75, 3.05) is 11.9 Å². The first-order valence-electron chi connectivity index (χ1n) is 9.82. The van der Waals surface area contributed by atoms with Crippen LogP contribution in [0.15, 0.2) is 53.3 Å². The second-order valence-electron chi connectivity index (χ2n) is 6.86. The fourth-order valence-electron chi connectivity index (χ4n) is 3.05. The lowest BCUT2D eigenvalue weighted by molar-refractivity contribution is -0.119. The fourth-order valence-corrected chi connectivity index (χ4v) is 3.05. The number of nitrogens with one attached hydrogen (secondary N) is 1. The number of nitrogens with zero attached hydrogens (tertiary/aromatic N) is 2. The number of aryl methyl sites for hydroxylation is 1. The van der Waals surface area contributed by atoms with Gasteiger partial charge >= 0.3 is 0 Å². The van der Waals surface area contributed by atoms with E-state index < -0.39 is 11.8 Å². The Morgan fingerprint density at radius 3 is 2.43 bits per heavy atom. The van der Waals surface area contributed by atoms with Gasteiger partial charge in [-0.2, -0.15) is 5.10 Å². The fraction of sp³-hybridized carbons (Fsp3) is 0.273. The van der Waals surface area contributed by atoms with Gasteiger partial charge in [0.15, 0.2) is 12.3 Å². The maximum Gasteiger partial charge on any atom is 0.276 e. The molecular weight excluding hydrogens is 384 g/mol. The Morgan fingerprint density at radius 1 is 1.07 bits per heavy atom. The lowest BCUT2D eigenvalue weighted by atomic mass is 10.1. The molecule has 30 heavy (non-hydrogen) atoms. The first-order chi connectivity index (χ1) is 14.5. The predicted molar refractivity (Wildman–Crippen MR) is 115 cm³/mol. The Hall–Kier alpha value is -3.68. The van der Waals surface area contributed by atoms with E-state index in [2.05, 4.69) is 17.3 Å². The lowest BCUT2D eigenvalue weighted by Gasteiger charge is -2.11. The third kappa shape index (κ3) is 5.02. The molecule has 2 amide bonds. The molecule has 3 rings (SSSR count). The molecule has 0 atom stereocenters. The monoisotopic (exact) mass is 408 g/mol. The zero-order valence-corrected chi connectivity index (χ0v) is 16.8. The van der Waals surface area contributed by atoms with Gasteiger partial charge in [0.25, 0.3) is 17.4 Å². The van der Waals surface area contributed by atoms with E-state index in [-0.39, 0.29) is 17.9 Å². The number of carbonyl (C=O) groups is 2. The zero-order valence-electron chi connectivity index (χ0n) is 16.8. The summed E-state index contributed by atoms with van der Waals surface area (Å²) in [6, 6.07) is 13.5. The van der Waals surface area contributed by atoms with Crippen molar-refractivity contribution in [1.29, 1.82) is 0 Å². The average molecular weight is 408 g/mol. The highest BCUT2D eigenvalue weighted by Gasteiger charge is 2.17. The molecule has 0 fully saturated rings. The number of benzene rings is 2. The molecule has 0 bridgehead atoms. The van der Waals surface area contributed by atoms with Gasteiger partial charge in [-0.3, -0.25) is 14.4 Å². The van der Waals surface area contributed by atoms with E-state index in [4.69, 9.17) is 10.5 Å². The smallest absolute Gasteiger partial charge is 0.276 e. The molecule has 0 radical (unpaired) electrons. The maximum absolute atomic E-state index is 12.9. The summed E-state index contributed by atoms with van der Waals surface area (Å²) in [5.74, 6) is -0.527. The van der Waals surface area contributed by atoms with Gasteiger partial charge < -0.3 is 15.8 Å². The van der Waals surface area contributed by atoms with Gasteiger partial charge in [-0.05, 0) is 36.8 Å². The Morgan fingerprint density at radius 2 is 1.77 bits per heavy atom. The summed E-state index contributed by atoms with van der Waals surface area (Å²) in [6.45, 7) is 2.32. The third-order valence-electron chi connectivity index (χ3n) is 4.55. The van der Waals surface area contributed by atoms with E-state index in [9.17, 15) is 14.4 Å². The van der Waals surface area contributed by atoms with Gasteiger partial charge in [-0.25, -0.2) is 4.68 Å². The summed E-state index contributed by atoms with van der Waals surface area (Å²) in [7, 11) is 0. The molecule has 0 saturated heterocycles. The van der Waals surface area contributed by atoms with Crippen LogP contribution in [-0.4, -0.2) is 28.2 Å². The van der Waals surface area contributed by atoms with E-state index in [1.807, 2.05) is 0 Å².